The third-order valence-corrected chi connectivity index (χ3v) is 3.32. The predicted molar refractivity (Wildman–Crippen MR) is 77.0 cm³/mol. The molecule has 6 nitrogen and oxygen atoms in total. The molecule has 1 aromatic carbocycles. The number of esters is 1. The van der Waals surface area contributed by atoms with Gasteiger partial charge in [-0.3, -0.25) is 10.1 Å². The Kier molecular flexibility index (Phi) is 5.48. The fourth-order valence-corrected chi connectivity index (χ4v) is 2.18. The van der Waals surface area contributed by atoms with E-state index >= 15 is 0 Å². The number of hydrogen-bond donors (Lipinski definition) is 1. The molecule has 1 rings (SSSR count). The van der Waals surface area contributed by atoms with Gasteiger partial charge in [-0.15, -0.1) is 0 Å². The summed E-state index contributed by atoms with van der Waals surface area (Å²) in [4.78, 5) is 22.2. The smallest absolute Gasteiger partial charge is 0.331 e. The average Bonchev–Trinajstić information content (AvgIpc) is 2.41. The van der Waals surface area contributed by atoms with Crippen molar-refractivity contribution in [2.24, 2.45) is 0 Å². The average molecular weight is 319 g/mol. The summed E-state index contributed by atoms with van der Waals surface area (Å²) in [5, 5.41) is 13.4. The Balaban J connectivity index is 3.29. The van der Waals surface area contributed by atoms with Crippen LogP contribution < -0.4 is 5.32 Å². The molecule has 0 aliphatic carbocycles. The zero-order chi connectivity index (χ0) is 16.2. The Morgan fingerprint density at radius 1 is 1.57 bits per heavy atom. The Morgan fingerprint density at radius 3 is 2.67 bits per heavy atom. The van der Waals surface area contributed by atoms with Crippen LogP contribution in [0.25, 0.3) is 0 Å². The third-order valence-electron chi connectivity index (χ3n) is 3.03. The van der Waals surface area contributed by atoms with Crippen molar-refractivity contribution in [1.29, 1.82) is 0 Å². The number of carbonyl (C=O) groups excluding carboxylic acids is 1. The number of nitro groups is 1. The molecule has 0 spiro atoms. The van der Waals surface area contributed by atoms with Gasteiger partial charge in [0.05, 0.1) is 17.1 Å². The van der Waals surface area contributed by atoms with E-state index in [1.165, 1.54) is 7.11 Å². The lowest BCUT2D eigenvalue weighted by atomic mass is 9.95. The van der Waals surface area contributed by atoms with Crippen LogP contribution in [0.3, 0.4) is 0 Å². The van der Waals surface area contributed by atoms with Crippen LogP contribution in [0.4, 0.5) is 15.8 Å². The van der Waals surface area contributed by atoms with E-state index in [4.69, 9.17) is 16.3 Å². The first-order valence-corrected chi connectivity index (χ1v) is 6.63. The van der Waals surface area contributed by atoms with Gasteiger partial charge in [0.25, 0.3) is 5.69 Å². The molecule has 21 heavy (non-hydrogen) atoms. The molecule has 116 valence electrons. The second kappa shape index (κ2) is 6.71. The standard InChI is InChI=1S/C13H16ClFN2O4/c1-4-5-13(2,12(18)21-3)16-10-7-9(15)8(14)6-11(10)17(19)20/h6-7,16H,4-5H2,1-3H3. The Hall–Kier alpha value is -1.89. The Labute approximate surface area is 126 Å². The van der Waals surface area contributed by atoms with Gasteiger partial charge < -0.3 is 10.1 Å². The molecule has 0 amide bonds. The van der Waals surface area contributed by atoms with Gasteiger partial charge in [0, 0.05) is 12.1 Å². The van der Waals surface area contributed by atoms with Crippen molar-refractivity contribution in [1.82, 2.24) is 0 Å². The van der Waals surface area contributed by atoms with E-state index in [2.05, 4.69) is 5.32 Å². The van der Waals surface area contributed by atoms with Gasteiger partial charge in [-0.1, -0.05) is 24.9 Å². The van der Waals surface area contributed by atoms with Crippen molar-refractivity contribution in [3.63, 3.8) is 0 Å². The number of nitrogens with zero attached hydrogens (tertiary/aromatic N) is 1. The first kappa shape index (κ1) is 17.2. The molecule has 8 heteroatoms. The van der Waals surface area contributed by atoms with E-state index in [0.717, 1.165) is 12.1 Å². The van der Waals surface area contributed by atoms with Gasteiger partial charge in [-0.05, 0) is 13.3 Å². The molecule has 0 bridgehead atoms. The highest BCUT2D eigenvalue weighted by atomic mass is 35.5. The van der Waals surface area contributed by atoms with Gasteiger partial charge in [0.15, 0.2) is 0 Å². The summed E-state index contributed by atoms with van der Waals surface area (Å²) in [6.07, 6.45) is 0.990. The number of methoxy groups -OCH3 is 1. The highest BCUT2D eigenvalue weighted by Gasteiger charge is 2.35. The van der Waals surface area contributed by atoms with Crippen LogP contribution in [0.1, 0.15) is 26.7 Å². The molecule has 1 aromatic rings. The predicted octanol–water partition coefficient (Wildman–Crippen LogP) is 3.53. The SMILES string of the molecule is CCCC(C)(Nc1cc(F)c(Cl)cc1[N+](=O)[O-])C(=O)OC. The molecule has 0 radical (unpaired) electrons. The summed E-state index contributed by atoms with van der Waals surface area (Å²) in [5.74, 6) is -1.40. The molecule has 0 fully saturated rings. The minimum absolute atomic E-state index is 0.122. The van der Waals surface area contributed by atoms with Crippen molar-refractivity contribution >= 4 is 28.9 Å². The highest BCUT2D eigenvalue weighted by Crippen LogP contribution is 2.33. The number of benzene rings is 1. The molecule has 0 aromatic heterocycles. The van der Waals surface area contributed by atoms with Crippen molar-refractivity contribution in [2.75, 3.05) is 12.4 Å². The fraction of sp³-hybridized carbons (Fsp3) is 0.462. The summed E-state index contributed by atoms with van der Waals surface area (Å²) < 4.78 is 18.3. The number of nitro benzene ring substituents is 1. The maximum atomic E-state index is 13.6. The molecule has 0 heterocycles. The van der Waals surface area contributed by atoms with E-state index in [0.29, 0.717) is 12.8 Å². The number of hydrogen-bond acceptors (Lipinski definition) is 5. The van der Waals surface area contributed by atoms with Crippen LogP contribution in [0.2, 0.25) is 5.02 Å². The van der Waals surface area contributed by atoms with Gasteiger partial charge in [-0.2, -0.15) is 0 Å². The Bertz CT molecular complexity index is 567. The van der Waals surface area contributed by atoms with E-state index in [1.54, 1.807) is 6.92 Å². The lowest BCUT2D eigenvalue weighted by Gasteiger charge is -2.28. The molecule has 1 atom stereocenters. The van der Waals surface area contributed by atoms with Crippen molar-refractivity contribution in [3.8, 4) is 0 Å². The lowest BCUT2D eigenvalue weighted by Crippen LogP contribution is -2.44. The number of carbonyl (C=O) groups is 1. The van der Waals surface area contributed by atoms with E-state index in [9.17, 15) is 19.3 Å². The summed E-state index contributed by atoms with van der Waals surface area (Å²) in [6.45, 7) is 3.39. The van der Waals surface area contributed by atoms with Crippen molar-refractivity contribution < 1.29 is 18.8 Å². The number of ether oxygens (including phenoxy) is 1. The first-order chi connectivity index (χ1) is 9.75. The third kappa shape index (κ3) is 3.81. The van der Waals surface area contributed by atoms with Gasteiger partial charge in [-0.25, -0.2) is 9.18 Å². The second-order valence-corrected chi connectivity index (χ2v) is 5.15. The van der Waals surface area contributed by atoms with E-state index < -0.39 is 27.9 Å². The molecule has 1 N–H and O–H groups in total. The molecule has 0 aliphatic rings. The Morgan fingerprint density at radius 2 is 2.19 bits per heavy atom. The molecular weight excluding hydrogens is 303 g/mol. The van der Waals surface area contributed by atoms with Crippen LogP contribution in [-0.4, -0.2) is 23.5 Å². The van der Waals surface area contributed by atoms with Gasteiger partial charge in [0.2, 0.25) is 0 Å². The first-order valence-electron chi connectivity index (χ1n) is 6.25. The largest absolute Gasteiger partial charge is 0.467 e. The van der Waals surface area contributed by atoms with Gasteiger partial charge >= 0.3 is 5.97 Å². The van der Waals surface area contributed by atoms with Crippen LogP contribution in [0.15, 0.2) is 12.1 Å². The lowest BCUT2D eigenvalue weighted by molar-refractivity contribution is -0.384. The van der Waals surface area contributed by atoms with Crippen molar-refractivity contribution in [2.45, 2.75) is 32.2 Å². The van der Waals surface area contributed by atoms with E-state index in [-0.39, 0.29) is 10.7 Å². The maximum Gasteiger partial charge on any atom is 0.331 e. The monoisotopic (exact) mass is 318 g/mol. The second-order valence-electron chi connectivity index (χ2n) is 4.74. The fourth-order valence-electron chi connectivity index (χ4n) is 2.03. The minimum atomic E-state index is -1.20. The number of rotatable bonds is 6. The van der Waals surface area contributed by atoms with E-state index in [1.807, 2.05) is 6.92 Å². The maximum absolute atomic E-state index is 13.6. The summed E-state index contributed by atoms with van der Waals surface area (Å²) in [5.41, 5.74) is -1.73. The molecule has 0 saturated heterocycles. The summed E-state index contributed by atoms with van der Waals surface area (Å²) in [6, 6.07) is 1.81. The highest BCUT2D eigenvalue weighted by molar-refractivity contribution is 6.31. The topological polar surface area (TPSA) is 81.5 Å². The van der Waals surface area contributed by atoms with Gasteiger partial charge in [0.1, 0.15) is 17.0 Å². The van der Waals surface area contributed by atoms with Crippen LogP contribution in [-0.2, 0) is 9.53 Å². The zero-order valence-corrected chi connectivity index (χ0v) is 12.7. The molecule has 1 unspecified atom stereocenters. The van der Waals surface area contributed by atoms with Crippen LogP contribution >= 0.6 is 11.6 Å². The van der Waals surface area contributed by atoms with Crippen LogP contribution in [0, 0.1) is 15.9 Å². The van der Waals surface area contributed by atoms with Crippen molar-refractivity contribution in [3.05, 3.63) is 33.1 Å². The number of anilines is 1. The minimum Gasteiger partial charge on any atom is -0.467 e. The number of nitrogens with one attached hydrogen (secondary N) is 1. The summed E-state index contributed by atoms with van der Waals surface area (Å²) in [7, 11) is 1.22. The molecule has 0 saturated carbocycles. The zero-order valence-electron chi connectivity index (χ0n) is 11.9. The quantitative estimate of drug-likeness (QED) is 0.493. The summed E-state index contributed by atoms with van der Waals surface area (Å²) >= 11 is 5.55. The van der Waals surface area contributed by atoms with Crippen LogP contribution in [0.5, 0.6) is 0 Å². The normalized spacial score (nSPS) is 13.4. The molecule has 0 aliphatic heterocycles. The molecular formula is C13H16ClFN2O4. The number of halogens is 2.